The fraction of sp³-hybridized carbons (Fsp3) is 0.105. The summed E-state index contributed by atoms with van der Waals surface area (Å²) in [6.07, 6.45) is 0. The minimum Gasteiger partial charge on any atom is -0.360 e. The van der Waals surface area contributed by atoms with Gasteiger partial charge in [0.2, 0.25) is 0 Å². The van der Waals surface area contributed by atoms with E-state index in [1.807, 2.05) is 17.7 Å². The van der Waals surface area contributed by atoms with Crippen molar-refractivity contribution in [2.24, 2.45) is 5.73 Å². The fourth-order valence-electron chi connectivity index (χ4n) is 2.78. The maximum atomic E-state index is 12.9. The fourth-order valence-corrected chi connectivity index (χ4v) is 4.22. The Morgan fingerprint density at radius 3 is 2.47 bits per heavy atom. The second-order valence-electron chi connectivity index (χ2n) is 6.20. The molecule has 11 heteroatoms. The molecule has 0 aliphatic carbocycles. The number of anilines is 1. The van der Waals surface area contributed by atoms with Crippen LogP contribution in [0.3, 0.4) is 0 Å². The molecule has 4 rings (SSSR count). The highest BCUT2D eigenvalue weighted by Gasteiger charge is 2.26. The van der Waals surface area contributed by atoms with E-state index < -0.39 is 11.9 Å². The number of carbonyl (C=O) groups is 2. The molecule has 152 valence electrons. The summed E-state index contributed by atoms with van der Waals surface area (Å²) in [5, 5.41) is 10.2. The van der Waals surface area contributed by atoms with Crippen molar-refractivity contribution in [1.82, 2.24) is 20.6 Å². The molecule has 9 nitrogen and oxygen atoms in total. The number of hydrazine groups is 1. The number of amides is 3. The molecule has 0 bridgehead atoms. The molecule has 0 atom stereocenters. The lowest BCUT2D eigenvalue weighted by atomic mass is 10.1. The van der Waals surface area contributed by atoms with Crippen LogP contribution in [0, 0.1) is 13.8 Å². The monoisotopic (exact) mass is 440 g/mol. The van der Waals surface area contributed by atoms with Crippen LogP contribution in [-0.2, 0) is 0 Å². The van der Waals surface area contributed by atoms with Gasteiger partial charge in [-0.25, -0.2) is 19.8 Å². The number of hydrogen-bond acceptors (Lipinski definition) is 8. The summed E-state index contributed by atoms with van der Waals surface area (Å²) in [6.45, 7) is 3.61. The number of carbonyl (C=O) groups excluding carboxylic acids is 2. The average Bonchev–Trinajstić information content (AvgIpc) is 3.45. The minimum atomic E-state index is -0.842. The van der Waals surface area contributed by atoms with Crippen molar-refractivity contribution >= 4 is 40.3 Å². The Bertz CT molecular complexity index is 1210. The number of rotatable bonds is 4. The van der Waals surface area contributed by atoms with E-state index in [-0.39, 0.29) is 5.69 Å². The lowest BCUT2D eigenvalue weighted by Gasteiger charge is -2.20. The van der Waals surface area contributed by atoms with Crippen molar-refractivity contribution in [3.8, 4) is 22.0 Å². The molecule has 0 spiro atoms. The summed E-state index contributed by atoms with van der Waals surface area (Å²) < 4.78 is 5.24. The van der Waals surface area contributed by atoms with Gasteiger partial charge in [-0.05, 0) is 26.0 Å². The Hall–Kier alpha value is -3.57. The first-order valence-electron chi connectivity index (χ1n) is 8.74. The van der Waals surface area contributed by atoms with Crippen molar-refractivity contribution in [1.29, 1.82) is 0 Å². The smallest absolute Gasteiger partial charge is 0.338 e. The number of aromatic nitrogens is 3. The first kappa shape index (κ1) is 19.7. The normalized spacial score (nSPS) is 10.7. The molecule has 0 aliphatic rings. The predicted molar refractivity (Wildman–Crippen MR) is 114 cm³/mol. The molecule has 0 aliphatic heterocycles. The van der Waals surface area contributed by atoms with Gasteiger partial charge < -0.3 is 10.3 Å². The zero-order valence-electron chi connectivity index (χ0n) is 15.9. The Morgan fingerprint density at radius 2 is 1.80 bits per heavy atom. The van der Waals surface area contributed by atoms with Crippen molar-refractivity contribution in [2.75, 3.05) is 5.01 Å². The summed E-state index contributed by atoms with van der Waals surface area (Å²) in [7, 11) is 0. The van der Waals surface area contributed by atoms with Crippen molar-refractivity contribution < 1.29 is 14.1 Å². The molecule has 3 aromatic heterocycles. The number of hydrogen-bond donors (Lipinski definition) is 2. The first-order valence-corrected chi connectivity index (χ1v) is 10.5. The number of nitrogens with zero attached hydrogens (tertiary/aromatic N) is 4. The van der Waals surface area contributed by atoms with Crippen LogP contribution >= 0.6 is 22.7 Å². The lowest BCUT2D eigenvalue weighted by Crippen LogP contribution is -2.49. The predicted octanol–water partition coefficient (Wildman–Crippen LogP) is 3.77. The van der Waals surface area contributed by atoms with Gasteiger partial charge in [0.25, 0.3) is 5.91 Å². The topological polar surface area (TPSA) is 127 Å². The van der Waals surface area contributed by atoms with Gasteiger partial charge in [0, 0.05) is 10.8 Å². The van der Waals surface area contributed by atoms with E-state index in [1.54, 1.807) is 37.3 Å². The Labute approximate surface area is 179 Å². The lowest BCUT2D eigenvalue weighted by molar-refractivity contribution is 0.0942. The molecule has 4 aromatic rings. The van der Waals surface area contributed by atoms with E-state index in [1.165, 1.54) is 22.7 Å². The van der Waals surface area contributed by atoms with Gasteiger partial charge in [0.15, 0.2) is 5.69 Å². The van der Waals surface area contributed by atoms with Crippen molar-refractivity contribution in [3.05, 3.63) is 57.6 Å². The van der Waals surface area contributed by atoms with Crippen LogP contribution < -0.4 is 16.2 Å². The zero-order valence-corrected chi connectivity index (χ0v) is 17.6. The molecule has 30 heavy (non-hydrogen) atoms. The first-order chi connectivity index (χ1) is 14.4. The number of nitrogens with one attached hydrogen (secondary N) is 1. The maximum absolute atomic E-state index is 12.9. The number of primary amides is 1. The second kappa shape index (κ2) is 8.05. The Morgan fingerprint density at radius 1 is 1.07 bits per heavy atom. The summed E-state index contributed by atoms with van der Waals surface area (Å²) in [5.41, 5.74) is 10.1. The third-order valence-electron chi connectivity index (χ3n) is 4.12. The van der Waals surface area contributed by atoms with E-state index in [4.69, 9.17) is 10.3 Å². The highest BCUT2D eigenvalue weighted by atomic mass is 32.1. The number of aryl methyl sites for hydroxylation is 2. The van der Waals surface area contributed by atoms with Gasteiger partial charge in [-0.2, -0.15) is 0 Å². The number of thiazole rings is 2. The number of urea groups is 1. The van der Waals surface area contributed by atoms with Gasteiger partial charge in [0.1, 0.15) is 16.5 Å². The molecule has 0 saturated carbocycles. The standard InChI is InChI=1S/C19H16N6O3S2/c1-10-15(13-8-30-18(22-13)14-9-29-11(2)21-14)16(24-28-10)17(26)23-25(19(20)27)12-6-4-3-5-7-12/h3-9H,1-2H3,(H2,20,27)(H,23,26). The summed E-state index contributed by atoms with van der Waals surface area (Å²) in [5.74, 6) is -0.222. The molecular formula is C19H16N6O3S2. The van der Waals surface area contributed by atoms with E-state index in [0.717, 1.165) is 20.7 Å². The van der Waals surface area contributed by atoms with E-state index >= 15 is 0 Å². The van der Waals surface area contributed by atoms with E-state index in [2.05, 4.69) is 20.6 Å². The molecule has 0 radical (unpaired) electrons. The molecule has 0 fully saturated rings. The third-order valence-corrected chi connectivity index (χ3v) is 5.76. The van der Waals surface area contributed by atoms with Crippen molar-refractivity contribution in [3.63, 3.8) is 0 Å². The maximum Gasteiger partial charge on any atom is 0.338 e. The Balaban J connectivity index is 1.64. The molecule has 1 aromatic carbocycles. The van der Waals surface area contributed by atoms with Crippen LogP contribution in [0.1, 0.15) is 21.3 Å². The van der Waals surface area contributed by atoms with Gasteiger partial charge in [-0.15, -0.1) is 22.7 Å². The highest BCUT2D eigenvalue weighted by Crippen LogP contribution is 2.33. The molecule has 3 N–H and O–H groups in total. The largest absolute Gasteiger partial charge is 0.360 e. The van der Waals surface area contributed by atoms with Gasteiger partial charge in [0.05, 0.1) is 22.0 Å². The van der Waals surface area contributed by atoms with Crippen LogP contribution in [0.5, 0.6) is 0 Å². The second-order valence-corrected chi connectivity index (χ2v) is 8.12. The van der Waals surface area contributed by atoms with Crippen molar-refractivity contribution in [2.45, 2.75) is 13.8 Å². The van der Waals surface area contributed by atoms with Crippen LogP contribution in [-0.4, -0.2) is 27.1 Å². The van der Waals surface area contributed by atoms with Gasteiger partial charge >= 0.3 is 6.03 Å². The zero-order chi connectivity index (χ0) is 21.3. The van der Waals surface area contributed by atoms with Gasteiger partial charge in [-0.1, -0.05) is 23.4 Å². The van der Waals surface area contributed by atoms with Crippen LogP contribution in [0.25, 0.3) is 22.0 Å². The summed E-state index contributed by atoms with van der Waals surface area (Å²) >= 11 is 2.94. The van der Waals surface area contributed by atoms with Crippen LogP contribution in [0.15, 0.2) is 45.6 Å². The quantitative estimate of drug-likeness (QED) is 0.465. The minimum absolute atomic E-state index is 0.000916. The number of para-hydroxylation sites is 1. The highest BCUT2D eigenvalue weighted by molar-refractivity contribution is 7.14. The summed E-state index contributed by atoms with van der Waals surface area (Å²) in [6, 6.07) is 7.67. The van der Waals surface area contributed by atoms with Crippen LogP contribution in [0.4, 0.5) is 10.5 Å². The molecule has 0 saturated heterocycles. The van der Waals surface area contributed by atoms with Crippen LogP contribution in [0.2, 0.25) is 0 Å². The van der Waals surface area contributed by atoms with E-state index in [0.29, 0.717) is 22.7 Å². The van der Waals surface area contributed by atoms with Gasteiger partial charge in [-0.3, -0.25) is 10.2 Å². The number of benzene rings is 1. The number of nitrogens with two attached hydrogens (primary N) is 1. The molecule has 3 heterocycles. The van der Waals surface area contributed by atoms with E-state index in [9.17, 15) is 9.59 Å². The third kappa shape index (κ3) is 3.80. The summed E-state index contributed by atoms with van der Waals surface area (Å²) in [4.78, 5) is 33.8. The molecule has 3 amide bonds. The SMILES string of the molecule is Cc1nc(-c2nc(-c3c(C(=O)NN(C(N)=O)c4ccccc4)noc3C)cs2)cs1. The average molecular weight is 441 g/mol. The molecule has 0 unspecified atom stereocenters. The molecular weight excluding hydrogens is 424 g/mol. The Kier molecular flexibility index (Phi) is 5.29.